The van der Waals surface area contributed by atoms with E-state index in [4.69, 9.17) is 16.0 Å². The maximum absolute atomic E-state index is 13.3. The van der Waals surface area contributed by atoms with Crippen molar-refractivity contribution in [3.63, 3.8) is 0 Å². The van der Waals surface area contributed by atoms with Crippen LogP contribution in [0.5, 0.6) is 0 Å². The third-order valence-electron chi connectivity index (χ3n) is 3.13. The minimum absolute atomic E-state index is 0.0976. The van der Waals surface area contributed by atoms with E-state index in [0.717, 1.165) is 5.56 Å². The largest absolute Gasteiger partial charge is 0.438 e. The van der Waals surface area contributed by atoms with Crippen LogP contribution in [0, 0.1) is 6.92 Å². The lowest BCUT2D eigenvalue weighted by atomic mass is 10.1. The Balaban J connectivity index is 2.23. The number of aryl methyl sites for hydroxylation is 1. The van der Waals surface area contributed by atoms with Crippen LogP contribution in [0.25, 0.3) is 11.3 Å². The molecule has 0 amide bonds. The predicted octanol–water partition coefficient (Wildman–Crippen LogP) is 4.40. The molecule has 8 heteroatoms. The molecule has 0 N–H and O–H groups in total. The van der Waals surface area contributed by atoms with Crippen molar-refractivity contribution in [3.8, 4) is 11.3 Å². The number of hydrogen-bond donors (Lipinski definition) is 0. The standard InChI is InChI=1S/C16H17ClF2N4O/c1-10-14(11-7-5-6-8-12(11)17)24-13(21-10)9-23(4)22-15(20-3)16(2,18)19/h5-8H,3,9H2,1-2,4H3/b22-15-. The molecule has 0 aliphatic carbocycles. The summed E-state index contributed by atoms with van der Waals surface area (Å²) in [6.45, 7) is 5.70. The number of benzene rings is 1. The van der Waals surface area contributed by atoms with E-state index >= 15 is 0 Å². The molecule has 0 saturated carbocycles. The molecule has 128 valence electrons. The van der Waals surface area contributed by atoms with Gasteiger partial charge < -0.3 is 4.42 Å². The van der Waals surface area contributed by atoms with Gasteiger partial charge in [0, 0.05) is 19.5 Å². The molecule has 1 aromatic heterocycles. The van der Waals surface area contributed by atoms with Gasteiger partial charge in [-0.15, -0.1) is 0 Å². The van der Waals surface area contributed by atoms with Crippen LogP contribution in [0.3, 0.4) is 0 Å². The molecule has 1 aromatic carbocycles. The Morgan fingerprint density at radius 3 is 2.67 bits per heavy atom. The molecular weight excluding hydrogens is 338 g/mol. The van der Waals surface area contributed by atoms with Crippen LogP contribution in [-0.4, -0.2) is 35.5 Å². The Morgan fingerprint density at radius 1 is 1.42 bits per heavy atom. The van der Waals surface area contributed by atoms with Gasteiger partial charge in [0.25, 0.3) is 0 Å². The van der Waals surface area contributed by atoms with E-state index in [0.29, 0.717) is 29.3 Å². The second-order valence-corrected chi connectivity index (χ2v) is 5.70. The normalized spacial score (nSPS) is 12.3. The average molecular weight is 355 g/mol. The van der Waals surface area contributed by atoms with Crippen LogP contribution in [0.4, 0.5) is 8.78 Å². The van der Waals surface area contributed by atoms with Gasteiger partial charge in [0.1, 0.15) is 6.54 Å². The van der Waals surface area contributed by atoms with E-state index < -0.39 is 11.8 Å². The summed E-state index contributed by atoms with van der Waals surface area (Å²) in [5.74, 6) is -2.97. The number of aromatic nitrogens is 1. The van der Waals surface area contributed by atoms with Gasteiger partial charge in [-0.1, -0.05) is 23.7 Å². The summed E-state index contributed by atoms with van der Waals surface area (Å²) in [6, 6.07) is 7.22. The van der Waals surface area contributed by atoms with Crippen molar-refractivity contribution >= 4 is 24.2 Å². The van der Waals surface area contributed by atoms with Crippen LogP contribution in [0.2, 0.25) is 5.02 Å². The van der Waals surface area contributed by atoms with Gasteiger partial charge in [-0.3, -0.25) is 5.01 Å². The van der Waals surface area contributed by atoms with E-state index in [2.05, 4.69) is 21.8 Å². The first-order valence-electron chi connectivity index (χ1n) is 7.08. The lowest BCUT2D eigenvalue weighted by Gasteiger charge is -2.15. The van der Waals surface area contributed by atoms with Crippen LogP contribution in [-0.2, 0) is 6.54 Å². The molecule has 0 aliphatic heterocycles. The van der Waals surface area contributed by atoms with Gasteiger partial charge >= 0.3 is 5.92 Å². The summed E-state index contributed by atoms with van der Waals surface area (Å²) < 4.78 is 32.3. The summed E-state index contributed by atoms with van der Waals surface area (Å²) >= 11 is 6.16. The highest BCUT2D eigenvalue weighted by Crippen LogP contribution is 2.31. The van der Waals surface area contributed by atoms with E-state index in [-0.39, 0.29) is 6.54 Å². The van der Waals surface area contributed by atoms with Gasteiger partial charge in [-0.2, -0.15) is 13.9 Å². The Kier molecular flexibility index (Phi) is 5.33. The number of alkyl halides is 2. The first kappa shape index (κ1) is 18.1. The minimum atomic E-state index is -3.18. The molecule has 2 aromatic rings. The summed E-state index contributed by atoms with van der Waals surface area (Å²) in [7, 11) is 1.52. The molecule has 0 saturated heterocycles. The summed E-state index contributed by atoms with van der Waals surface area (Å²) in [5, 5.41) is 5.54. The zero-order valence-electron chi connectivity index (χ0n) is 13.6. The first-order chi connectivity index (χ1) is 11.2. The van der Waals surface area contributed by atoms with Crippen molar-refractivity contribution in [2.75, 3.05) is 7.05 Å². The van der Waals surface area contributed by atoms with Gasteiger partial charge in [0.05, 0.1) is 10.7 Å². The van der Waals surface area contributed by atoms with E-state index in [1.807, 2.05) is 18.2 Å². The number of nitrogens with zero attached hydrogens (tertiary/aromatic N) is 4. The van der Waals surface area contributed by atoms with Crippen LogP contribution >= 0.6 is 11.6 Å². The molecular formula is C16H17ClF2N4O. The fourth-order valence-electron chi connectivity index (χ4n) is 2.07. The van der Waals surface area contributed by atoms with Gasteiger partial charge in [0.2, 0.25) is 11.7 Å². The monoisotopic (exact) mass is 354 g/mol. The zero-order valence-corrected chi connectivity index (χ0v) is 14.3. The van der Waals surface area contributed by atoms with Crippen LogP contribution in [0.1, 0.15) is 18.5 Å². The number of aliphatic imine (C=N–C) groups is 1. The number of oxazole rings is 1. The Hall–Kier alpha value is -2.28. The number of amidine groups is 1. The van der Waals surface area contributed by atoms with Crippen molar-refractivity contribution in [1.29, 1.82) is 0 Å². The molecule has 1 heterocycles. The molecule has 0 bridgehead atoms. The number of hydrogen-bond acceptors (Lipinski definition) is 4. The van der Waals surface area contributed by atoms with E-state index in [1.165, 1.54) is 12.1 Å². The van der Waals surface area contributed by atoms with Gasteiger partial charge in [0.15, 0.2) is 5.76 Å². The van der Waals surface area contributed by atoms with E-state index in [1.54, 1.807) is 13.0 Å². The van der Waals surface area contributed by atoms with Crippen LogP contribution < -0.4 is 0 Å². The molecule has 0 aliphatic rings. The fraction of sp³-hybridized carbons (Fsp3) is 0.312. The molecule has 24 heavy (non-hydrogen) atoms. The molecule has 0 radical (unpaired) electrons. The van der Waals surface area contributed by atoms with Gasteiger partial charge in [-0.25, -0.2) is 9.98 Å². The zero-order chi connectivity index (χ0) is 17.9. The Labute approximate surface area is 143 Å². The molecule has 0 unspecified atom stereocenters. The summed E-state index contributed by atoms with van der Waals surface area (Å²) in [6.07, 6.45) is 0. The van der Waals surface area contributed by atoms with Gasteiger partial charge in [-0.05, 0) is 25.8 Å². The van der Waals surface area contributed by atoms with Crippen molar-refractivity contribution < 1.29 is 13.2 Å². The molecule has 0 fully saturated rings. The van der Waals surface area contributed by atoms with Crippen molar-refractivity contribution in [1.82, 2.24) is 9.99 Å². The van der Waals surface area contributed by atoms with Crippen molar-refractivity contribution in [2.24, 2.45) is 10.1 Å². The third-order valence-corrected chi connectivity index (χ3v) is 3.46. The minimum Gasteiger partial charge on any atom is -0.438 e. The smallest absolute Gasteiger partial charge is 0.305 e. The Morgan fingerprint density at radius 2 is 2.08 bits per heavy atom. The number of rotatable bonds is 5. The lowest BCUT2D eigenvalue weighted by Crippen LogP contribution is -2.26. The fourth-order valence-corrected chi connectivity index (χ4v) is 2.29. The third kappa shape index (κ3) is 4.17. The SMILES string of the molecule is C=N/C(=N\N(C)Cc1nc(C)c(-c2ccccc2Cl)o1)C(C)(F)F. The predicted molar refractivity (Wildman–Crippen MR) is 90.8 cm³/mol. The average Bonchev–Trinajstić information content (AvgIpc) is 2.84. The maximum atomic E-state index is 13.3. The Bertz CT molecular complexity index is 768. The second-order valence-electron chi connectivity index (χ2n) is 5.29. The topological polar surface area (TPSA) is 54.0 Å². The van der Waals surface area contributed by atoms with Crippen molar-refractivity contribution in [2.45, 2.75) is 26.3 Å². The molecule has 0 spiro atoms. The number of halogens is 3. The first-order valence-corrected chi connectivity index (χ1v) is 7.46. The molecule has 2 rings (SSSR count). The summed E-state index contributed by atoms with van der Waals surface area (Å²) in [4.78, 5) is 7.56. The lowest BCUT2D eigenvalue weighted by molar-refractivity contribution is 0.0958. The summed E-state index contributed by atoms with van der Waals surface area (Å²) in [5.41, 5.74) is 1.37. The highest BCUT2D eigenvalue weighted by atomic mass is 35.5. The number of hydrazone groups is 1. The molecule has 0 atom stereocenters. The maximum Gasteiger partial charge on any atom is 0.305 e. The quantitative estimate of drug-likeness (QED) is 0.454. The van der Waals surface area contributed by atoms with Crippen LogP contribution in [0.15, 0.2) is 38.8 Å². The van der Waals surface area contributed by atoms with Crippen molar-refractivity contribution in [3.05, 3.63) is 40.9 Å². The second kappa shape index (κ2) is 7.09. The highest BCUT2D eigenvalue weighted by molar-refractivity contribution is 6.33. The molecule has 5 nitrogen and oxygen atoms in total. The highest BCUT2D eigenvalue weighted by Gasteiger charge is 2.29. The van der Waals surface area contributed by atoms with E-state index in [9.17, 15) is 8.78 Å².